The summed E-state index contributed by atoms with van der Waals surface area (Å²) in [6.07, 6.45) is 5.65. The molecule has 0 saturated heterocycles. The van der Waals surface area contributed by atoms with E-state index in [1.165, 1.54) is 16.0 Å². The van der Waals surface area contributed by atoms with Gasteiger partial charge in [0, 0.05) is 41.6 Å². The van der Waals surface area contributed by atoms with Crippen molar-refractivity contribution in [2.24, 2.45) is 0 Å². The molecular formula is C13H17N3S. The Morgan fingerprint density at radius 2 is 2.18 bits per heavy atom. The van der Waals surface area contributed by atoms with Gasteiger partial charge < -0.3 is 5.32 Å². The summed E-state index contributed by atoms with van der Waals surface area (Å²) in [5.41, 5.74) is 2.35. The van der Waals surface area contributed by atoms with Crippen LogP contribution in [0.3, 0.4) is 0 Å². The summed E-state index contributed by atoms with van der Waals surface area (Å²) in [7, 11) is 0. The lowest BCUT2D eigenvalue weighted by molar-refractivity contribution is 0.593. The number of hydrogen-bond acceptors (Lipinski definition) is 4. The van der Waals surface area contributed by atoms with Gasteiger partial charge in [-0.1, -0.05) is 13.8 Å². The highest BCUT2D eigenvalue weighted by molar-refractivity contribution is 7.15. The first-order chi connectivity index (χ1) is 8.16. The molecule has 1 N–H and O–H groups in total. The Hall–Kier alpha value is -1.26. The minimum atomic E-state index is 0.503. The summed E-state index contributed by atoms with van der Waals surface area (Å²) in [5.74, 6) is 0. The van der Waals surface area contributed by atoms with E-state index in [2.05, 4.69) is 36.1 Å². The van der Waals surface area contributed by atoms with Crippen LogP contribution in [0.4, 0.5) is 0 Å². The average molecular weight is 247 g/mol. The molecule has 0 unspecified atom stereocenters. The van der Waals surface area contributed by atoms with E-state index in [4.69, 9.17) is 0 Å². The molecule has 3 nitrogen and oxygen atoms in total. The van der Waals surface area contributed by atoms with Crippen molar-refractivity contribution in [2.45, 2.75) is 33.4 Å². The third kappa shape index (κ3) is 3.11. The topological polar surface area (TPSA) is 37.8 Å². The maximum absolute atomic E-state index is 4.48. The van der Waals surface area contributed by atoms with Crippen LogP contribution >= 0.6 is 11.3 Å². The number of aryl methyl sites for hydroxylation is 1. The Morgan fingerprint density at radius 1 is 1.35 bits per heavy atom. The molecule has 0 radical (unpaired) electrons. The van der Waals surface area contributed by atoms with Crippen molar-refractivity contribution < 1.29 is 0 Å². The lowest BCUT2D eigenvalue weighted by atomic mass is 10.2. The molecule has 0 atom stereocenters. The van der Waals surface area contributed by atoms with E-state index < -0.39 is 0 Å². The van der Waals surface area contributed by atoms with Crippen molar-refractivity contribution in [3.63, 3.8) is 0 Å². The minimum absolute atomic E-state index is 0.503. The summed E-state index contributed by atoms with van der Waals surface area (Å²) < 4.78 is 0. The third-order valence-electron chi connectivity index (χ3n) is 2.49. The van der Waals surface area contributed by atoms with Gasteiger partial charge in [0.05, 0.1) is 0 Å². The molecule has 17 heavy (non-hydrogen) atoms. The van der Waals surface area contributed by atoms with Gasteiger partial charge in [-0.3, -0.25) is 4.98 Å². The number of nitrogens with one attached hydrogen (secondary N) is 1. The molecule has 2 heterocycles. The second-order valence-corrected chi connectivity index (χ2v) is 5.47. The lowest BCUT2D eigenvalue weighted by Crippen LogP contribution is -2.21. The largest absolute Gasteiger partial charge is 0.310 e. The van der Waals surface area contributed by atoms with E-state index >= 15 is 0 Å². The summed E-state index contributed by atoms with van der Waals surface area (Å²) in [4.78, 5) is 9.85. The molecular weight excluding hydrogens is 230 g/mol. The van der Waals surface area contributed by atoms with E-state index in [1.807, 2.05) is 24.7 Å². The normalized spacial score (nSPS) is 11.1. The highest BCUT2D eigenvalue weighted by atomic mass is 32.1. The fraction of sp³-hybridized carbons (Fsp3) is 0.385. The zero-order valence-corrected chi connectivity index (χ0v) is 11.2. The Bertz CT molecular complexity index is 491. The number of nitrogens with zero attached hydrogens (tertiary/aromatic N) is 2. The molecule has 0 spiro atoms. The summed E-state index contributed by atoms with van der Waals surface area (Å²) in [6, 6.07) is 2.52. The molecule has 0 aromatic carbocycles. The minimum Gasteiger partial charge on any atom is -0.310 e. The van der Waals surface area contributed by atoms with Gasteiger partial charge in [-0.15, -0.1) is 11.3 Å². The van der Waals surface area contributed by atoms with Crippen LogP contribution in [0, 0.1) is 6.92 Å². The number of aromatic nitrogens is 2. The van der Waals surface area contributed by atoms with Crippen molar-refractivity contribution in [2.75, 3.05) is 0 Å². The molecule has 0 bridgehead atoms. The summed E-state index contributed by atoms with van der Waals surface area (Å²) >= 11 is 1.74. The zero-order chi connectivity index (χ0) is 12.3. The Balaban J connectivity index is 2.16. The van der Waals surface area contributed by atoms with Gasteiger partial charge in [-0.2, -0.15) is 0 Å². The van der Waals surface area contributed by atoms with Crippen LogP contribution in [0.25, 0.3) is 10.6 Å². The molecule has 0 fully saturated rings. The van der Waals surface area contributed by atoms with E-state index in [9.17, 15) is 0 Å². The molecule has 0 aliphatic rings. The SMILES string of the molecule is Cc1cnccc1-c1ncc(CNC(C)C)s1. The van der Waals surface area contributed by atoms with Crippen LogP contribution in [-0.4, -0.2) is 16.0 Å². The summed E-state index contributed by atoms with van der Waals surface area (Å²) in [5, 5.41) is 4.47. The first-order valence-corrected chi connectivity index (χ1v) is 6.57. The Labute approximate surface area is 106 Å². The van der Waals surface area contributed by atoms with E-state index in [-0.39, 0.29) is 0 Å². The third-order valence-corrected chi connectivity index (χ3v) is 3.52. The van der Waals surface area contributed by atoms with Crippen LogP contribution in [0.15, 0.2) is 24.7 Å². The van der Waals surface area contributed by atoms with E-state index in [0.717, 1.165) is 11.6 Å². The van der Waals surface area contributed by atoms with Crippen LogP contribution < -0.4 is 5.32 Å². The Kier molecular flexibility index (Phi) is 3.86. The highest BCUT2D eigenvalue weighted by Crippen LogP contribution is 2.27. The number of thiazole rings is 1. The summed E-state index contributed by atoms with van der Waals surface area (Å²) in [6.45, 7) is 7.25. The maximum Gasteiger partial charge on any atom is 0.123 e. The fourth-order valence-corrected chi connectivity index (χ4v) is 2.49. The predicted octanol–water partition coefficient (Wildman–Crippen LogP) is 3.01. The second kappa shape index (κ2) is 5.38. The molecule has 4 heteroatoms. The first kappa shape index (κ1) is 12.2. The molecule has 2 aromatic heterocycles. The van der Waals surface area contributed by atoms with Gasteiger partial charge in [-0.25, -0.2) is 4.98 Å². The van der Waals surface area contributed by atoms with Gasteiger partial charge in [0.1, 0.15) is 5.01 Å². The average Bonchev–Trinajstić information content (AvgIpc) is 2.75. The monoisotopic (exact) mass is 247 g/mol. The van der Waals surface area contributed by atoms with Gasteiger partial charge in [0.15, 0.2) is 0 Å². The van der Waals surface area contributed by atoms with Crippen LogP contribution in [-0.2, 0) is 6.54 Å². The van der Waals surface area contributed by atoms with Gasteiger partial charge in [-0.05, 0) is 18.6 Å². The van der Waals surface area contributed by atoms with Crippen LogP contribution in [0.5, 0.6) is 0 Å². The van der Waals surface area contributed by atoms with Gasteiger partial charge >= 0.3 is 0 Å². The van der Waals surface area contributed by atoms with Gasteiger partial charge in [0.2, 0.25) is 0 Å². The quantitative estimate of drug-likeness (QED) is 0.902. The van der Waals surface area contributed by atoms with Crippen molar-refractivity contribution in [1.29, 1.82) is 0 Å². The molecule has 2 rings (SSSR count). The molecule has 2 aromatic rings. The predicted molar refractivity (Wildman–Crippen MR) is 72.1 cm³/mol. The number of hydrogen-bond donors (Lipinski definition) is 1. The zero-order valence-electron chi connectivity index (χ0n) is 10.4. The Morgan fingerprint density at radius 3 is 2.88 bits per heavy atom. The maximum atomic E-state index is 4.48. The lowest BCUT2D eigenvalue weighted by Gasteiger charge is -2.04. The number of rotatable bonds is 4. The van der Waals surface area contributed by atoms with Crippen molar-refractivity contribution in [3.8, 4) is 10.6 Å². The van der Waals surface area contributed by atoms with Crippen LogP contribution in [0.2, 0.25) is 0 Å². The van der Waals surface area contributed by atoms with Crippen molar-refractivity contribution in [1.82, 2.24) is 15.3 Å². The van der Waals surface area contributed by atoms with Crippen molar-refractivity contribution >= 4 is 11.3 Å². The first-order valence-electron chi connectivity index (χ1n) is 5.76. The van der Waals surface area contributed by atoms with E-state index in [0.29, 0.717) is 6.04 Å². The molecule has 0 aliphatic carbocycles. The van der Waals surface area contributed by atoms with Crippen molar-refractivity contribution in [3.05, 3.63) is 35.1 Å². The molecule has 0 saturated carbocycles. The van der Waals surface area contributed by atoms with Crippen LogP contribution in [0.1, 0.15) is 24.3 Å². The molecule has 0 aliphatic heterocycles. The smallest absolute Gasteiger partial charge is 0.123 e. The molecule has 90 valence electrons. The fourth-order valence-electron chi connectivity index (χ4n) is 1.53. The van der Waals surface area contributed by atoms with Gasteiger partial charge in [0.25, 0.3) is 0 Å². The molecule has 0 amide bonds. The highest BCUT2D eigenvalue weighted by Gasteiger charge is 2.07. The second-order valence-electron chi connectivity index (χ2n) is 4.36. The standard InChI is InChI=1S/C13H17N3S/c1-9(2)15-7-11-8-16-13(17-11)12-4-5-14-6-10(12)3/h4-6,8-9,15H,7H2,1-3H3. The number of pyridine rings is 1. The van der Waals surface area contributed by atoms with E-state index in [1.54, 1.807) is 11.3 Å².